The van der Waals surface area contributed by atoms with Gasteiger partial charge >= 0.3 is 0 Å². The Balaban J connectivity index is 3.02. The predicted molar refractivity (Wildman–Crippen MR) is 60.0 cm³/mol. The third-order valence-electron chi connectivity index (χ3n) is 1.90. The van der Waals surface area contributed by atoms with Gasteiger partial charge in [0.25, 0.3) is 0 Å². The van der Waals surface area contributed by atoms with Gasteiger partial charge in [-0.15, -0.1) is 0 Å². The van der Waals surface area contributed by atoms with Crippen molar-refractivity contribution in [3.63, 3.8) is 0 Å². The molecular weight excluding hydrogens is 246 g/mol. The topological polar surface area (TPSA) is 49.3 Å². The molecule has 0 heterocycles. The number of amides is 1. The molecule has 0 unspecified atom stereocenters. The van der Waals surface area contributed by atoms with Gasteiger partial charge in [-0.25, -0.2) is 0 Å². The molecule has 4 heteroatoms. The van der Waals surface area contributed by atoms with Crippen LogP contribution < -0.4 is 5.32 Å². The van der Waals surface area contributed by atoms with Crippen molar-refractivity contribution in [2.75, 3.05) is 10.6 Å². The molecule has 0 spiro atoms. The Kier molecular flexibility index (Phi) is 3.52. The van der Waals surface area contributed by atoms with E-state index in [9.17, 15) is 9.90 Å². The van der Waals surface area contributed by atoms with Crippen LogP contribution in [0.25, 0.3) is 0 Å². The second-order valence-electron chi connectivity index (χ2n) is 3.14. The number of rotatable bonds is 2. The molecule has 76 valence electrons. The van der Waals surface area contributed by atoms with E-state index < -0.39 is 0 Å². The maximum atomic E-state index is 11.2. The third-order valence-corrected chi connectivity index (χ3v) is 2.41. The normalized spacial score (nSPS) is 9.93. The molecule has 0 aliphatic carbocycles. The van der Waals surface area contributed by atoms with Gasteiger partial charge in [0.2, 0.25) is 5.91 Å². The van der Waals surface area contributed by atoms with Crippen LogP contribution >= 0.6 is 15.9 Å². The Morgan fingerprint density at radius 2 is 1.93 bits per heavy atom. The highest BCUT2D eigenvalue weighted by atomic mass is 79.9. The Hall–Kier alpha value is -1.03. The SMILES string of the molecule is Cc1cc(O)cc(C)c1NC(=O)CBr. The molecule has 0 aliphatic rings. The summed E-state index contributed by atoms with van der Waals surface area (Å²) in [6, 6.07) is 3.24. The highest BCUT2D eigenvalue weighted by Crippen LogP contribution is 2.25. The van der Waals surface area contributed by atoms with Gasteiger partial charge in [0.1, 0.15) is 5.75 Å². The molecule has 0 bridgehead atoms. The molecule has 2 N–H and O–H groups in total. The maximum Gasteiger partial charge on any atom is 0.235 e. The van der Waals surface area contributed by atoms with Gasteiger partial charge < -0.3 is 10.4 Å². The lowest BCUT2D eigenvalue weighted by Gasteiger charge is -2.10. The summed E-state index contributed by atoms with van der Waals surface area (Å²) >= 11 is 3.07. The minimum atomic E-state index is -0.0955. The molecule has 1 rings (SSSR count). The van der Waals surface area contributed by atoms with Gasteiger partial charge in [-0.1, -0.05) is 15.9 Å². The first kappa shape index (κ1) is 11.0. The summed E-state index contributed by atoms with van der Waals surface area (Å²) in [4.78, 5) is 11.2. The zero-order valence-corrected chi connectivity index (χ0v) is 9.68. The lowest BCUT2D eigenvalue weighted by Crippen LogP contribution is -2.14. The molecule has 1 aromatic carbocycles. The van der Waals surface area contributed by atoms with E-state index in [0.29, 0.717) is 0 Å². The number of nitrogens with one attached hydrogen (secondary N) is 1. The van der Waals surface area contributed by atoms with Crippen molar-refractivity contribution < 1.29 is 9.90 Å². The third kappa shape index (κ3) is 2.48. The Bertz CT molecular complexity index is 340. The number of halogens is 1. The van der Waals surface area contributed by atoms with E-state index in [2.05, 4.69) is 21.2 Å². The summed E-state index contributed by atoms with van der Waals surface area (Å²) in [5, 5.41) is 12.3. The van der Waals surface area contributed by atoms with E-state index in [-0.39, 0.29) is 17.0 Å². The van der Waals surface area contributed by atoms with Crippen LogP contribution in [0.1, 0.15) is 11.1 Å². The van der Waals surface area contributed by atoms with Crippen LogP contribution in [0.5, 0.6) is 5.75 Å². The van der Waals surface area contributed by atoms with Crippen molar-refractivity contribution >= 4 is 27.5 Å². The van der Waals surface area contributed by atoms with Crippen LogP contribution in [0.2, 0.25) is 0 Å². The van der Waals surface area contributed by atoms with Crippen molar-refractivity contribution in [2.45, 2.75) is 13.8 Å². The zero-order valence-electron chi connectivity index (χ0n) is 8.10. The van der Waals surface area contributed by atoms with Crippen LogP contribution in [0.4, 0.5) is 5.69 Å². The largest absolute Gasteiger partial charge is 0.508 e. The van der Waals surface area contributed by atoms with Crippen LogP contribution in [-0.2, 0) is 4.79 Å². The number of aryl methyl sites for hydroxylation is 2. The molecule has 0 atom stereocenters. The Labute approximate surface area is 91.3 Å². The summed E-state index contributed by atoms with van der Waals surface area (Å²) in [5.41, 5.74) is 2.49. The Morgan fingerprint density at radius 3 is 2.36 bits per heavy atom. The molecule has 0 saturated carbocycles. The predicted octanol–water partition coefficient (Wildman–Crippen LogP) is 2.34. The minimum Gasteiger partial charge on any atom is -0.508 e. The number of anilines is 1. The number of benzene rings is 1. The summed E-state index contributed by atoms with van der Waals surface area (Å²) in [6.45, 7) is 3.69. The highest BCUT2D eigenvalue weighted by molar-refractivity contribution is 9.09. The van der Waals surface area contributed by atoms with Crippen molar-refractivity contribution in [3.05, 3.63) is 23.3 Å². The summed E-state index contributed by atoms with van der Waals surface area (Å²) in [5.74, 6) is 0.124. The molecule has 0 fully saturated rings. The summed E-state index contributed by atoms with van der Waals surface area (Å²) < 4.78 is 0. The second kappa shape index (κ2) is 4.46. The molecule has 0 radical (unpaired) electrons. The van der Waals surface area contributed by atoms with Crippen LogP contribution in [0, 0.1) is 13.8 Å². The van der Waals surface area contributed by atoms with Crippen molar-refractivity contribution in [3.8, 4) is 5.75 Å². The van der Waals surface area contributed by atoms with E-state index in [1.807, 2.05) is 13.8 Å². The van der Waals surface area contributed by atoms with Crippen LogP contribution in [-0.4, -0.2) is 16.3 Å². The number of carbonyl (C=O) groups is 1. The maximum absolute atomic E-state index is 11.2. The molecule has 1 amide bonds. The monoisotopic (exact) mass is 257 g/mol. The van der Waals surface area contributed by atoms with Gasteiger partial charge in [-0.2, -0.15) is 0 Å². The standard InChI is InChI=1S/C10H12BrNO2/c1-6-3-8(13)4-7(2)10(6)12-9(14)5-11/h3-4,13H,5H2,1-2H3,(H,12,14). The van der Waals surface area contributed by atoms with Crippen LogP contribution in [0.15, 0.2) is 12.1 Å². The first-order valence-electron chi connectivity index (χ1n) is 4.20. The number of aromatic hydroxyl groups is 1. The quantitative estimate of drug-likeness (QED) is 0.631. The van der Waals surface area contributed by atoms with Crippen molar-refractivity contribution in [2.24, 2.45) is 0 Å². The molecule has 0 aliphatic heterocycles. The molecule has 14 heavy (non-hydrogen) atoms. The number of phenolic OH excluding ortho intramolecular Hbond substituents is 1. The lowest BCUT2D eigenvalue weighted by molar-refractivity contribution is -0.113. The number of hydrogen-bond donors (Lipinski definition) is 2. The average Bonchev–Trinajstić information content (AvgIpc) is 2.10. The fraction of sp³-hybridized carbons (Fsp3) is 0.300. The fourth-order valence-electron chi connectivity index (χ4n) is 1.31. The number of carbonyl (C=O) groups excluding carboxylic acids is 1. The zero-order chi connectivity index (χ0) is 10.7. The number of hydrogen-bond acceptors (Lipinski definition) is 2. The second-order valence-corrected chi connectivity index (χ2v) is 3.70. The van der Waals surface area contributed by atoms with Crippen LogP contribution in [0.3, 0.4) is 0 Å². The smallest absolute Gasteiger partial charge is 0.235 e. The van der Waals surface area contributed by atoms with E-state index >= 15 is 0 Å². The van der Waals surface area contributed by atoms with E-state index in [1.165, 1.54) is 0 Å². The van der Waals surface area contributed by atoms with E-state index in [0.717, 1.165) is 16.8 Å². The first-order chi connectivity index (χ1) is 6.54. The summed E-state index contributed by atoms with van der Waals surface area (Å²) in [6.07, 6.45) is 0. The van der Waals surface area contributed by atoms with Gasteiger partial charge in [0.15, 0.2) is 0 Å². The van der Waals surface area contributed by atoms with Gasteiger partial charge in [0.05, 0.1) is 5.33 Å². The van der Waals surface area contributed by atoms with Crippen molar-refractivity contribution in [1.82, 2.24) is 0 Å². The number of phenols is 1. The fourth-order valence-corrected chi connectivity index (χ4v) is 1.45. The molecule has 0 aromatic heterocycles. The van der Waals surface area contributed by atoms with Crippen molar-refractivity contribution in [1.29, 1.82) is 0 Å². The average molecular weight is 258 g/mol. The first-order valence-corrected chi connectivity index (χ1v) is 5.32. The summed E-state index contributed by atoms with van der Waals surface area (Å²) in [7, 11) is 0. The van der Waals surface area contributed by atoms with E-state index in [1.54, 1.807) is 12.1 Å². The molecular formula is C10H12BrNO2. The van der Waals surface area contributed by atoms with Gasteiger partial charge in [0, 0.05) is 5.69 Å². The molecule has 3 nitrogen and oxygen atoms in total. The lowest BCUT2D eigenvalue weighted by atomic mass is 10.1. The number of alkyl halides is 1. The van der Waals surface area contributed by atoms with Gasteiger partial charge in [-0.3, -0.25) is 4.79 Å². The molecule has 0 saturated heterocycles. The highest BCUT2D eigenvalue weighted by Gasteiger charge is 2.07. The Morgan fingerprint density at radius 1 is 1.43 bits per heavy atom. The van der Waals surface area contributed by atoms with E-state index in [4.69, 9.17) is 0 Å². The van der Waals surface area contributed by atoms with Gasteiger partial charge in [-0.05, 0) is 37.1 Å². The molecule has 1 aromatic rings. The minimum absolute atomic E-state index is 0.0955.